The van der Waals surface area contributed by atoms with E-state index in [0.29, 0.717) is 17.4 Å². The summed E-state index contributed by atoms with van der Waals surface area (Å²) in [7, 11) is 5.92. The SMILES string of the molecule is CCCCCCC/C=C\C/C=C\C/C=C\CCCCCCCCCCCCCCCCCCC(=O)OC(COC(=O)CCCCCCC/C=C\CCCCCCCCC)COC(OCC[N+](C)(C)C)C(=O)[O-]. The van der Waals surface area contributed by atoms with Crippen LogP contribution in [0.2, 0.25) is 0 Å². The molecular weight excluding hydrogens is 899 g/mol. The van der Waals surface area contributed by atoms with Crippen molar-refractivity contribution in [2.75, 3.05) is 47.5 Å². The van der Waals surface area contributed by atoms with Gasteiger partial charge in [0.05, 0.1) is 40.3 Å². The molecule has 0 bridgehead atoms. The van der Waals surface area contributed by atoms with Crippen molar-refractivity contribution in [2.24, 2.45) is 0 Å². The van der Waals surface area contributed by atoms with Crippen molar-refractivity contribution in [2.45, 2.75) is 289 Å². The Bertz CT molecular complexity index is 1320. The molecule has 9 nitrogen and oxygen atoms in total. The zero-order valence-electron chi connectivity index (χ0n) is 47.8. The smallest absolute Gasteiger partial charge is 0.306 e. The molecule has 0 aromatic rings. The number of carboxylic acids is 1. The first kappa shape index (κ1) is 69.2. The second kappa shape index (κ2) is 54.5. The monoisotopic (exact) mass is 1010 g/mol. The molecule has 2 atom stereocenters. The lowest BCUT2D eigenvalue weighted by atomic mass is 10.0. The first-order valence-electron chi connectivity index (χ1n) is 30.3. The number of ether oxygens (including phenoxy) is 4. The molecule has 0 aliphatic carbocycles. The fraction of sp³-hybridized carbons (Fsp3) is 0.825. The Morgan fingerprint density at radius 2 is 0.750 bits per heavy atom. The van der Waals surface area contributed by atoms with Crippen LogP contribution >= 0.6 is 0 Å². The molecule has 0 saturated heterocycles. The van der Waals surface area contributed by atoms with Crippen molar-refractivity contribution in [3.05, 3.63) is 48.6 Å². The predicted octanol–water partition coefficient (Wildman–Crippen LogP) is 16.5. The van der Waals surface area contributed by atoms with Crippen molar-refractivity contribution in [3.63, 3.8) is 0 Å². The molecule has 9 heteroatoms. The molecule has 0 N–H and O–H groups in total. The molecule has 420 valence electrons. The van der Waals surface area contributed by atoms with E-state index in [2.05, 4.69) is 62.5 Å². The van der Waals surface area contributed by atoms with Crippen LogP contribution < -0.4 is 5.11 Å². The number of hydrogen-bond acceptors (Lipinski definition) is 8. The second-order valence-electron chi connectivity index (χ2n) is 21.6. The summed E-state index contributed by atoms with van der Waals surface area (Å²) in [5, 5.41) is 11.8. The van der Waals surface area contributed by atoms with Gasteiger partial charge in [-0.25, -0.2) is 0 Å². The quantitative estimate of drug-likeness (QED) is 0.0195. The van der Waals surface area contributed by atoms with E-state index in [1.165, 1.54) is 180 Å². The zero-order chi connectivity index (χ0) is 52.7. The molecule has 0 fully saturated rings. The van der Waals surface area contributed by atoms with Crippen molar-refractivity contribution in [1.82, 2.24) is 0 Å². The van der Waals surface area contributed by atoms with Gasteiger partial charge >= 0.3 is 11.9 Å². The van der Waals surface area contributed by atoms with Crippen LogP contribution in [0.3, 0.4) is 0 Å². The minimum Gasteiger partial charge on any atom is -0.545 e. The number of carbonyl (C=O) groups is 3. The maximum Gasteiger partial charge on any atom is 0.306 e. The van der Waals surface area contributed by atoms with Gasteiger partial charge in [-0.3, -0.25) is 9.59 Å². The average molecular weight is 1010 g/mol. The standard InChI is InChI=1S/C63H115NO8/c1-6-8-10-12-14-16-18-20-22-24-25-26-27-28-29-30-31-32-33-34-35-36-37-38-40-42-44-46-48-50-52-54-61(66)72-59(58-71-63(62(67)68)69-56-55-64(3,4)5)57-70-60(65)53-51-49-47-45-43-41-39-23-21-19-17-15-13-11-9-7-2/h18,20,23-25,27-28,39,59,63H,6-17,19,21-22,26,29-38,40-58H2,1-5H3/b20-18-,25-24-,28-27-,39-23-. The summed E-state index contributed by atoms with van der Waals surface area (Å²) >= 11 is 0. The van der Waals surface area contributed by atoms with Gasteiger partial charge in [-0.15, -0.1) is 0 Å². The van der Waals surface area contributed by atoms with Crippen LogP contribution in [-0.4, -0.2) is 82.3 Å². The number of carbonyl (C=O) groups excluding carboxylic acids is 3. The number of quaternary nitrogens is 1. The van der Waals surface area contributed by atoms with E-state index in [1.54, 1.807) is 0 Å². The van der Waals surface area contributed by atoms with Crippen LogP contribution in [0.4, 0.5) is 0 Å². The summed E-state index contributed by atoms with van der Waals surface area (Å²) in [6.45, 7) is 4.75. The lowest BCUT2D eigenvalue weighted by Crippen LogP contribution is -2.44. The first-order valence-corrected chi connectivity index (χ1v) is 30.3. The fourth-order valence-electron chi connectivity index (χ4n) is 8.60. The molecule has 2 unspecified atom stereocenters. The van der Waals surface area contributed by atoms with E-state index in [1.807, 2.05) is 21.1 Å². The highest BCUT2D eigenvalue weighted by Crippen LogP contribution is 2.16. The molecule has 0 aromatic heterocycles. The Hall–Kier alpha value is -2.75. The molecule has 0 aliphatic heterocycles. The minimum atomic E-state index is -1.62. The molecule has 0 amide bonds. The van der Waals surface area contributed by atoms with Crippen LogP contribution in [0, 0.1) is 0 Å². The van der Waals surface area contributed by atoms with Gasteiger partial charge in [0.15, 0.2) is 12.4 Å². The molecule has 0 saturated carbocycles. The fourth-order valence-corrected chi connectivity index (χ4v) is 8.60. The van der Waals surface area contributed by atoms with E-state index >= 15 is 0 Å². The number of unbranched alkanes of at least 4 members (excludes halogenated alkanes) is 33. The normalized spacial score (nSPS) is 13.1. The van der Waals surface area contributed by atoms with Gasteiger partial charge in [0.25, 0.3) is 0 Å². The van der Waals surface area contributed by atoms with Gasteiger partial charge in [0, 0.05) is 12.8 Å². The first-order chi connectivity index (χ1) is 35.1. The molecule has 0 spiro atoms. The van der Waals surface area contributed by atoms with Crippen LogP contribution in [-0.2, 0) is 33.3 Å². The Balaban J connectivity index is 4.14. The van der Waals surface area contributed by atoms with Crippen molar-refractivity contribution < 1.29 is 42.9 Å². The summed E-state index contributed by atoms with van der Waals surface area (Å²) in [5.74, 6) is -2.28. The van der Waals surface area contributed by atoms with Gasteiger partial charge in [0.1, 0.15) is 13.2 Å². The largest absolute Gasteiger partial charge is 0.545 e. The summed E-state index contributed by atoms with van der Waals surface area (Å²) in [4.78, 5) is 37.3. The molecule has 0 aliphatic rings. The number of allylic oxidation sites excluding steroid dienone is 8. The number of esters is 2. The lowest BCUT2D eigenvalue weighted by Gasteiger charge is -2.26. The van der Waals surface area contributed by atoms with Crippen molar-refractivity contribution in [3.8, 4) is 0 Å². The van der Waals surface area contributed by atoms with Crippen LogP contribution in [0.1, 0.15) is 277 Å². The summed E-state index contributed by atoms with van der Waals surface area (Å²) in [5.41, 5.74) is 0. The lowest BCUT2D eigenvalue weighted by molar-refractivity contribution is -0.870. The number of nitrogens with zero attached hydrogens (tertiary/aromatic N) is 1. The highest BCUT2D eigenvalue weighted by molar-refractivity contribution is 5.70. The van der Waals surface area contributed by atoms with E-state index in [0.717, 1.165) is 64.2 Å². The van der Waals surface area contributed by atoms with Crippen molar-refractivity contribution in [1.29, 1.82) is 0 Å². The van der Waals surface area contributed by atoms with Crippen LogP contribution in [0.5, 0.6) is 0 Å². The topological polar surface area (TPSA) is 111 Å². The van der Waals surface area contributed by atoms with Gasteiger partial charge < -0.3 is 33.3 Å². The predicted molar refractivity (Wildman–Crippen MR) is 302 cm³/mol. The van der Waals surface area contributed by atoms with Gasteiger partial charge in [-0.2, -0.15) is 0 Å². The van der Waals surface area contributed by atoms with E-state index < -0.39 is 24.3 Å². The van der Waals surface area contributed by atoms with Gasteiger partial charge in [-0.05, 0) is 77.0 Å². The number of carboxylic acid groups (broad SMARTS) is 1. The second-order valence-corrected chi connectivity index (χ2v) is 21.6. The van der Waals surface area contributed by atoms with Gasteiger partial charge in [0.2, 0.25) is 0 Å². The molecule has 0 aromatic carbocycles. The molecule has 0 rings (SSSR count). The van der Waals surface area contributed by atoms with E-state index in [-0.39, 0.29) is 38.6 Å². The van der Waals surface area contributed by atoms with Crippen LogP contribution in [0.15, 0.2) is 48.6 Å². The molecular formula is C63H115NO8. The Kier molecular flexibility index (Phi) is 52.4. The number of hydrogen-bond donors (Lipinski definition) is 0. The third-order valence-electron chi connectivity index (χ3n) is 13.3. The number of rotatable bonds is 56. The minimum absolute atomic E-state index is 0.147. The summed E-state index contributed by atoms with van der Waals surface area (Å²) in [6, 6.07) is 0. The number of likely N-dealkylation sites (N-methyl/N-ethyl adjacent to an activating group) is 1. The average Bonchev–Trinajstić information content (AvgIpc) is 3.35. The highest BCUT2D eigenvalue weighted by atomic mass is 16.7. The summed E-state index contributed by atoms with van der Waals surface area (Å²) < 4.78 is 22.7. The Labute approximate surface area is 444 Å². The van der Waals surface area contributed by atoms with Crippen molar-refractivity contribution >= 4 is 17.9 Å². The Morgan fingerprint density at radius 1 is 0.417 bits per heavy atom. The maximum atomic E-state index is 12.9. The summed E-state index contributed by atoms with van der Waals surface area (Å²) in [6.07, 6.45) is 64.5. The third kappa shape index (κ3) is 55.0. The molecule has 72 heavy (non-hydrogen) atoms. The van der Waals surface area contributed by atoms with E-state index in [4.69, 9.17) is 18.9 Å². The third-order valence-corrected chi connectivity index (χ3v) is 13.3. The Morgan fingerprint density at radius 3 is 1.12 bits per heavy atom. The van der Waals surface area contributed by atoms with E-state index in [9.17, 15) is 19.5 Å². The van der Waals surface area contributed by atoms with Crippen LogP contribution in [0.25, 0.3) is 0 Å². The molecule has 0 radical (unpaired) electrons. The zero-order valence-corrected chi connectivity index (χ0v) is 47.8. The van der Waals surface area contributed by atoms with Gasteiger partial charge in [-0.1, -0.05) is 236 Å². The molecule has 0 heterocycles. The highest BCUT2D eigenvalue weighted by Gasteiger charge is 2.22. The maximum absolute atomic E-state index is 12.9. The number of aliphatic carboxylic acids is 1.